The van der Waals surface area contributed by atoms with Crippen LogP contribution in [-0.4, -0.2) is 11.2 Å². The van der Waals surface area contributed by atoms with Gasteiger partial charge in [0.15, 0.2) is 0 Å². The molecule has 0 saturated heterocycles. The summed E-state index contributed by atoms with van der Waals surface area (Å²) in [5.74, 6) is 0. The quantitative estimate of drug-likeness (QED) is 0.546. The molecule has 0 aromatic heterocycles. The maximum Gasteiger partial charge on any atom is 0.0512 e. The van der Waals surface area contributed by atoms with Crippen LogP contribution in [0.3, 0.4) is 0 Å². The lowest BCUT2D eigenvalue weighted by Gasteiger charge is -2.01. The second-order valence-electron chi connectivity index (χ2n) is 7.01. The molecule has 0 aliphatic rings. The summed E-state index contributed by atoms with van der Waals surface area (Å²) in [6, 6.07) is 17.0. The number of rotatable bonds is 5. The highest BCUT2D eigenvalue weighted by atomic mass is 16.3. The van der Waals surface area contributed by atoms with Crippen molar-refractivity contribution < 1.29 is 5.11 Å². The van der Waals surface area contributed by atoms with Crippen molar-refractivity contribution in [1.82, 2.24) is 0 Å². The van der Waals surface area contributed by atoms with Crippen molar-refractivity contribution in [3.63, 3.8) is 0 Å². The number of hydrogen-bond donors (Lipinski definition) is 1. The zero-order valence-electron chi connectivity index (χ0n) is 17.2. The van der Waals surface area contributed by atoms with E-state index in [1.165, 1.54) is 47.9 Å². The molecule has 2 rings (SSSR count). The third-order valence-electron chi connectivity index (χ3n) is 3.91. The van der Waals surface area contributed by atoms with E-state index in [0.29, 0.717) is 0 Å². The van der Waals surface area contributed by atoms with Crippen LogP contribution in [0.4, 0.5) is 0 Å². The topological polar surface area (TPSA) is 20.2 Å². The van der Waals surface area contributed by atoms with Gasteiger partial charge in [-0.1, -0.05) is 111 Å². The molecule has 0 bridgehead atoms. The van der Waals surface area contributed by atoms with Crippen LogP contribution < -0.4 is 0 Å². The summed E-state index contributed by atoms with van der Waals surface area (Å²) in [5, 5.41) is 8.85. The molecule has 1 heteroatoms. The van der Waals surface area contributed by atoms with E-state index in [2.05, 4.69) is 83.1 Å². The van der Waals surface area contributed by atoms with Crippen LogP contribution in [0.15, 0.2) is 48.5 Å². The first-order valence-electron chi connectivity index (χ1n) is 9.59. The van der Waals surface area contributed by atoms with E-state index in [0.717, 1.165) is 6.42 Å². The third kappa shape index (κ3) is 17.2. The van der Waals surface area contributed by atoms with E-state index in [-0.39, 0.29) is 13.5 Å². The molecule has 0 fully saturated rings. The predicted octanol–water partition coefficient (Wildman–Crippen LogP) is 7.58. The largest absolute Gasteiger partial charge is 0.393 e. The molecule has 0 heterocycles. The molecule has 1 unspecified atom stereocenters. The molecule has 0 amide bonds. The minimum atomic E-state index is -0.0955. The van der Waals surface area contributed by atoms with Crippen LogP contribution in [0.2, 0.25) is 0 Å². The molecule has 1 atom stereocenters. The van der Waals surface area contributed by atoms with E-state index < -0.39 is 0 Å². The normalized spacial score (nSPS) is 10.4. The summed E-state index contributed by atoms with van der Waals surface area (Å²) >= 11 is 0. The zero-order chi connectivity index (χ0) is 19.1. The maximum absolute atomic E-state index is 8.85. The van der Waals surface area contributed by atoms with Crippen LogP contribution >= 0.6 is 0 Å². The number of aryl methyl sites for hydroxylation is 4. The monoisotopic (exact) mass is 358 g/mol. The van der Waals surface area contributed by atoms with E-state index in [4.69, 9.17) is 5.11 Å². The summed E-state index contributed by atoms with van der Waals surface area (Å²) in [6.07, 6.45) is 5.93. The number of hydrogen-bond acceptors (Lipinski definition) is 1. The Balaban J connectivity index is 0. The standard InChI is InChI=1S/C8H18O.2C8H10.CH4/c1-3-4-5-6-7-8(2)9;2*1-7-3-5-8(2)6-4-7;/h8-9H,3-7H2,1-2H3;2*3-6H,1-2H3;1H4. The molecule has 0 radical (unpaired) electrons. The highest BCUT2D eigenvalue weighted by molar-refractivity contribution is 5.20. The molecule has 2 aromatic carbocycles. The molecule has 1 nitrogen and oxygen atoms in total. The lowest BCUT2D eigenvalue weighted by molar-refractivity contribution is 0.180. The second-order valence-corrected chi connectivity index (χ2v) is 7.01. The summed E-state index contributed by atoms with van der Waals surface area (Å²) < 4.78 is 0. The fourth-order valence-corrected chi connectivity index (χ4v) is 2.14. The summed E-state index contributed by atoms with van der Waals surface area (Å²) in [7, 11) is 0. The second kappa shape index (κ2) is 16.8. The number of aliphatic hydroxyl groups is 1. The van der Waals surface area contributed by atoms with Gasteiger partial charge in [0.1, 0.15) is 0 Å². The first-order chi connectivity index (χ1) is 11.8. The number of benzene rings is 2. The maximum atomic E-state index is 8.85. The van der Waals surface area contributed by atoms with Gasteiger partial charge in [0.25, 0.3) is 0 Å². The van der Waals surface area contributed by atoms with Crippen LogP contribution in [0, 0.1) is 27.7 Å². The first kappa shape index (κ1) is 26.6. The van der Waals surface area contributed by atoms with Crippen molar-refractivity contribution in [2.75, 3.05) is 0 Å². The predicted molar refractivity (Wildman–Crippen MR) is 119 cm³/mol. The van der Waals surface area contributed by atoms with Gasteiger partial charge in [-0.3, -0.25) is 0 Å². The van der Waals surface area contributed by atoms with Crippen molar-refractivity contribution >= 4 is 0 Å². The van der Waals surface area contributed by atoms with Crippen molar-refractivity contribution in [3.05, 3.63) is 70.8 Å². The van der Waals surface area contributed by atoms with Gasteiger partial charge < -0.3 is 5.11 Å². The molecule has 0 saturated carbocycles. The average molecular weight is 359 g/mol. The van der Waals surface area contributed by atoms with E-state index in [9.17, 15) is 0 Å². The van der Waals surface area contributed by atoms with Crippen molar-refractivity contribution in [1.29, 1.82) is 0 Å². The minimum Gasteiger partial charge on any atom is -0.393 e. The lowest BCUT2D eigenvalue weighted by Crippen LogP contribution is -1.97. The zero-order valence-corrected chi connectivity index (χ0v) is 17.2. The van der Waals surface area contributed by atoms with E-state index in [1.54, 1.807) is 0 Å². The van der Waals surface area contributed by atoms with Crippen LogP contribution in [0.5, 0.6) is 0 Å². The van der Waals surface area contributed by atoms with Crippen LogP contribution in [-0.2, 0) is 0 Å². The SMILES string of the molecule is C.CCCCCCC(C)O.Cc1ccc(C)cc1.Cc1ccc(C)cc1. The molecule has 148 valence electrons. The Morgan fingerprint density at radius 2 is 0.962 bits per heavy atom. The molecule has 2 aromatic rings. The van der Waals surface area contributed by atoms with Gasteiger partial charge in [0.05, 0.1) is 6.10 Å². The average Bonchev–Trinajstić information content (AvgIpc) is 2.58. The van der Waals surface area contributed by atoms with Gasteiger partial charge in [-0.2, -0.15) is 0 Å². The minimum absolute atomic E-state index is 0. The Hall–Kier alpha value is -1.60. The third-order valence-corrected chi connectivity index (χ3v) is 3.91. The van der Waals surface area contributed by atoms with Crippen LogP contribution in [0.25, 0.3) is 0 Å². The molecule has 26 heavy (non-hydrogen) atoms. The van der Waals surface area contributed by atoms with Gasteiger partial charge >= 0.3 is 0 Å². The van der Waals surface area contributed by atoms with Gasteiger partial charge in [-0.25, -0.2) is 0 Å². The summed E-state index contributed by atoms with van der Waals surface area (Å²) in [6.45, 7) is 12.4. The van der Waals surface area contributed by atoms with Gasteiger partial charge in [0, 0.05) is 0 Å². The fourth-order valence-electron chi connectivity index (χ4n) is 2.14. The molecule has 0 aliphatic heterocycles. The van der Waals surface area contributed by atoms with Gasteiger partial charge in [-0.05, 0) is 41.0 Å². The highest BCUT2D eigenvalue weighted by Gasteiger charge is 1.93. The molecule has 0 spiro atoms. The van der Waals surface area contributed by atoms with Gasteiger partial charge in [-0.15, -0.1) is 0 Å². The van der Waals surface area contributed by atoms with Crippen LogP contribution in [0.1, 0.15) is 75.6 Å². The summed E-state index contributed by atoms with van der Waals surface area (Å²) in [4.78, 5) is 0. The summed E-state index contributed by atoms with van der Waals surface area (Å²) in [5.41, 5.74) is 5.32. The van der Waals surface area contributed by atoms with E-state index in [1.807, 2.05) is 6.92 Å². The number of unbranched alkanes of at least 4 members (excludes halogenated alkanes) is 3. The molecule has 1 N–H and O–H groups in total. The Morgan fingerprint density at radius 3 is 1.19 bits per heavy atom. The highest BCUT2D eigenvalue weighted by Crippen LogP contribution is 2.04. The van der Waals surface area contributed by atoms with Crippen molar-refractivity contribution in [2.24, 2.45) is 0 Å². The Morgan fingerprint density at radius 1 is 0.654 bits per heavy atom. The molecular formula is C25H42O. The first-order valence-corrected chi connectivity index (χ1v) is 9.59. The Bertz CT molecular complexity index is 438. The Kier molecular flexibility index (Phi) is 17.3. The van der Waals surface area contributed by atoms with Gasteiger partial charge in [0.2, 0.25) is 0 Å². The molecule has 0 aliphatic carbocycles. The van der Waals surface area contributed by atoms with Crippen molar-refractivity contribution in [2.45, 2.75) is 87.2 Å². The number of aliphatic hydroxyl groups excluding tert-OH is 1. The smallest absolute Gasteiger partial charge is 0.0512 e. The lowest BCUT2D eigenvalue weighted by atomic mass is 10.1. The fraction of sp³-hybridized carbons (Fsp3) is 0.520. The Labute approximate surface area is 163 Å². The molecular weight excluding hydrogens is 316 g/mol. The van der Waals surface area contributed by atoms with E-state index >= 15 is 0 Å². The van der Waals surface area contributed by atoms with Crippen molar-refractivity contribution in [3.8, 4) is 0 Å².